The molecule has 0 spiro atoms. The fourth-order valence-electron chi connectivity index (χ4n) is 3.47. The molecule has 2 aromatic rings. The lowest BCUT2D eigenvalue weighted by atomic mass is 10.0. The average molecular weight is 387 g/mol. The Hall–Kier alpha value is -3.16. The third-order valence-corrected chi connectivity index (χ3v) is 4.87. The fourth-order valence-corrected chi connectivity index (χ4v) is 3.47. The summed E-state index contributed by atoms with van der Waals surface area (Å²) >= 11 is 0. The molecule has 0 radical (unpaired) electrons. The van der Waals surface area contributed by atoms with E-state index in [0.717, 1.165) is 48.8 Å². The molecule has 1 heterocycles. The molecule has 8 heteroatoms. The van der Waals surface area contributed by atoms with Crippen molar-refractivity contribution in [3.63, 3.8) is 0 Å². The van der Waals surface area contributed by atoms with Crippen LogP contribution in [0.25, 0.3) is 0 Å². The molecule has 1 atom stereocenters. The van der Waals surface area contributed by atoms with Gasteiger partial charge in [-0.3, -0.25) is 10.1 Å². The minimum absolute atomic E-state index is 0.0265. The van der Waals surface area contributed by atoms with Crippen molar-refractivity contribution in [1.82, 2.24) is 0 Å². The van der Waals surface area contributed by atoms with E-state index in [2.05, 4.69) is 10.2 Å². The number of benzene rings is 2. The van der Waals surface area contributed by atoms with E-state index in [-0.39, 0.29) is 17.5 Å². The Bertz CT molecular complexity index is 820. The molecule has 1 saturated heterocycles. The Morgan fingerprint density at radius 3 is 2.39 bits per heavy atom. The van der Waals surface area contributed by atoms with Crippen molar-refractivity contribution in [2.75, 3.05) is 44.6 Å². The first kappa shape index (κ1) is 19.6. The standard InChI is InChI=1S/C20H25N3O5/c1-26-17-9-15(10-18(12-17)27-2)21-14-5-4-8-22(13-14)16-6-7-19(23(24)25)20(11-16)28-3/h6-7,9-12,14,21H,4-5,8,13H2,1-3H3. The Balaban J connectivity index is 1.75. The number of nitrogens with zero attached hydrogens (tertiary/aromatic N) is 2. The Morgan fingerprint density at radius 1 is 1.07 bits per heavy atom. The first-order valence-corrected chi connectivity index (χ1v) is 9.11. The second kappa shape index (κ2) is 8.69. The van der Waals surface area contributed by atoms with Gasteiger partial charge in [0, 0.05) is 60.8 Å². The van der Waals surface area contributed by atoms with E-state index in [4.69, 9.17) is 14.2 Å². The average Bonchev–Trinajstić information content (AvgIpc) is 2.72. The van der Waals surface area contributed by atoms with E-state index in [1.54, 1.807) is 26.4 Å². The molecule has 0 amide bonds. The normalized spacial score (nSPS) is 16.4. The molecule has 0 saturated carbocycles. The van der Waals surface area contributed by atoms with Gasteiger partial charge >= 0.3 is 5.69 Å². The van der Waals surface area contributed by atoms with E-state index in [9.17, 15) is 10.1 Å². The minimum Gasteiger partial charge on any atom is -0.497 e. The molecule has 0 bridgehead atoms. The third kappa shape index (κ3) is 4.39. The lowest BCUT2D eigenvalue weighted by molar-refractivity contribution is -0.385. The lowest BCUT2D eigenvalue weighted by Crippen LogP contribution is -2.42. The van der Waals surface area contributed by atoms with Crippen LogP contribution in [0, 0.1) is 10.1 Å². The smallest absolute Gasteiger partial charge is 0.311 e. The van der Waals surface area contributed by atoms with Crippen molar-refractivity contribution < 1.29 is 19.1 Å². The minimum atomic E-state index is -0.431. The molecule has 8 nitrogen and oxygen atoms in total. The maximum Gasteiger partial charge on any atom is 0.311 e. The molecule has 1 N–H and O–H groups in total. The summed E-state index contributed by atoms with van der Waals surface area (Å²) in [5, 5.41) is 14.7. The fraction of sp³-hybridized carbons (Fsp3) is 0.400. The SMILES string of the molecule is COc1cc(NC2CCCN(c3ccc([N+](=O)[O-])c(OC)c3)C2)cc(OC)c1. The molecular weight excluding hydrogens is 362 g/mol. The van der Waals surface area contributed by atoms with E-state index < -0.39 is 4.92 Å². The summed E-state index contributed by atoms with van der Waals surface area (Å²) in [6.07, 6.45) is 2.04. The number of rotatable bonds is 7. The predicted octanol–water partition coefficient (Wildman–Crippen LogP) is 3.70. The second-order valence-corrected chi connectivity index (χ2v) is 6.64. The van der Waals surface area contributed by atoms with Crippen molar-refractivity contribution >= 4 is 17.1 Å². The Morgan fingerprint density at radius 2 is 1.79 bits per heavy atom. The summed E-state index contributed by atoms with van der Waals surface area (Å²) in [5.74, 6) is 1.74. The second-order valence-electron chi connectivity index (χ2n) is 6.64. The topological polar surface area (TPSA) is 86.1 Å². The van der Waals surface area contributed by atoms with E-state index >= 15 is 0 Å². The molecule has 28 heavy (non-hydrogen) atoms. The number of hydrogen-bond donors (Lipinski definition) is 1. The van der Waals surface area contributed by atoms with Gasteiger partial charge in [0.2, 0.25) is 0 Å². The zero-order valence-electron chi connectivity index (χ0n) is 16.3. The van der Waals surface area contributed by atoms with Gasteiger partial charge in [-0.15, -0.1) is 0 Å². The number of ether oxygens (including phenoxy) is 3. The molecular formula is C20H25N3O5. The quantitative estimate of drug-likeness (QED) is 0.572. The largest absolute Gasteiger partial charge is 0.497 e. The van der Waals surface area contributed by atoms with Crippen molar-refractivity contribution in [3.05, 3.63) is 46.5 Å². The molecule has 150 valence electrons. The van der Waals surface area contributed by atoms with Crippen LogP contribution < -0.4 is 24.4 Å². The van der Waals surface area contributed by atoms with E-state index in [0.29, 0.717) is 0 Å². The highest BCUT2D eigenvalue weighted by Crippen LogP contribution is 2.33. The summed E-state index contributed by atoms with van der Waals surface area (Å²) in [6, 6.07) is 10.9. The van der Waals surface area contributed by atoms with Crippen LogP contribution in [0.1, 0.15) is 12.8 Å². The lowest BCUT2D eigenvalue weighted by Gasteiger charge is -2.35. The number of nitro benzene ring substituents is 1. The molecule has 1 fully saturated rings. The number of piperidine rings is 1. The van der Waals surface area contributed by atoms with Gasteiger partial charge in [-0.2, -0.15) is 0 Å². The number of nitrogens with one attached hydrogen (secondary N) is 1. The van der Waals surface area contributed by atoms with Crippen LogP contribution in [0.15, 0.2) is 36.4 Å². The van der Waals surface area contributed by atoms with Crippen LogP contribution in [0.5, 0.6) is 17.2 Å². The molecule has 3 rings (SSSR count). The summed E-state index contributed by atoms with van der Waals surface area (Å²) in [6.45, 7) is 1.67. The highest BCUT2D eigenvalue weighted by Gasteiger charge is 2.23. The number of methoxy groups -OCH3 is 3. The van der Waals surface area contributed by atoms with Gasteiger partial charge in [0.05, 0.1) is 26.3 Å². The molecule has 0 aliphatic carbocycles. The van der Waals surface area contributed by atoms with Crippen LogP contribution in [0.3, 0.4) is 0 Å². The first-order valence-electron chi connectivity index (χ1n) is 9.11. The molecule has 1 aliphatic heterocycles. The first-order chi connectivity index (χ1) is 13.5. The highest BCUT2D eigenvalue weighted by molar-refractivity contribution is 5.60. The summed E-state index contributed by atoms with van der Waals surface area (Å²) in [5.41, 5.74) is 1.82. The number of hydrogen-bond acceptors (Lipinski definition) is 7. The van der Waals surface area contributed by atoms with Gasteiger partial charge in [-0.25, -0.2) is 0 Å². The van der Waals surface area contributed by atoms with Crippen molar-refractivity contribution in [2.45, 2.75) is 18.9 Å². The van der Waals surface area contributed by atoms with Crippen molar-refractivity contribution in [3.8, 4) is 17.2 Å². The Kier molecular flexibility index (Phi) is 6.08. The monoisotopic (exact) mass is 387 g/mol. The maximum atomic E-state index is 11.1. The van der Waals surface area contributed by atoms with Gasteiger partial charge < -0.3 is 24.4 Å². The van der Waals surface area contributed by atoms with Gasteiger partial charge in [0.1, 0.15) is 11.5 Å². The third-order valence-electron chi connectivity index (χ3n) is 4.87. The summed E-state index contributed by atoms with van der Waals surface area (Å²) < 4.78 is 15.9. The van der Waals surface area contributed by atoms with Crippen molar-refractivity contribution in [1.29, 1.82) is 0 Å². The van der Waals surface area contributed by atoms with Gasteiger partial charge in [-0.1, -0.05) is 0 Å². The van der Waals surface area contributed by atoms with Gasteiger partial charge in [-0.05, 0) is 18.9 Å². The zero-order chi connectivity index (χ0) is 20.1. The molecule has 1 aliphatic rings. The highest BCUT2D eigenvalue weighted by atomic mass is 16.6. The molecule has 2 aromatic carbocycles. The summed E-state index contributed by atoms with van der Waals surface area (Å²) in [7, 11) is 4.70. The maximum absolute atomic E-state index is 11.1. The number of nitro groups is 1. The van der Waals surface area contributed by atoms with E-state index in [1.807, 2.05) is 18.2 Å². The Labute approximate surface area is 164 Å². The molecule has 1 unspecified atom stereocenters. The van der Waals surface area contributed by atoms with Crippen LogP contribution >= 0.6 is 0 Å². The van der Waals surface area contributed by atoms with Crippen LogP contribution in [0.4, 0.5) is 17.1 Å². The van der Waals surface area contributed by atoms with Crippen LogP contribution in [-0.4, -0.2) is 45.4 Å². The summed E-state index contributed by atoms with van der Waals surface area (Å²) in [4.78, 5) is 12.9. The van der Waals surface area contributed by atoms with Gasteiger partial charge in [0.15, 0.2) is 5.75 Å². The van der Waals surface area contributed by atoms with Crippen LogP contribution in [-0.2, 0) is 0 Å². The zero-order valence-corrected chi connectivity index (χ0v) is 16.3. The predicted molar refractivity (Wildman–Crippen MR) is 108 cm³/mol. The number of anilines is 2. The van der Waals surface area contributed by atoms with Gasteiger partial charge in [0.25, 0.3) is 0 Å². The van der Waals surface area contributed by atoms with Crippen LogP contribution in [0.2, 0.25) is 0 Å². The van der Waals surface area contributed by atoms with Crippen molar-refractivity contribution in [2.24, 2.45) is 0 Å². The molecule has 0 aromatic heterocycles. The van der Waals surface area contributed by atoms with E-state index in [1.165, 1.54) is 13.2 Å².